The zero-order chi connectivity index (χ0) is 18.8. The highest BCUT2D eigenvalue weighted by atomic mass is 35.5. The largest absolute Gasteiger partial charge is 0.388 e. The van der Waals surface area contributed by atoms with Gasteiger partial charge in [-0.1, -0.05) is 23.2 Å². The predicted molar refractivity (Wildman–Crippen MR) is 94.2 cm³/mol. The van der Waals surface area contributed by atoms with Crippen LogP contribution in [0.3, 0.4) is 0 Å². The molecule has 13 heteroatoms. The number of hydrogen-bond donors (Lipinski definition) is 2. The molecule has 1 atom stereocenters. The van der Waals surface area contributed by atoms with Gasteiger partial charge in [-0.2, -0.15) is 0 Å². The summed E-state index contributed by atoms with van der Waals surface area (Å²) in [6, 6.07) is 0. The molecule has 0 aliphatic heterocycles. The van der Waals surface area contributed by atoms with Crippen molar-refractivity contribution >= 4 is 54.1 Å². The summed E-state index contributed by atoms with van der Waals surface area (Å²) in [4.78, 5) is 36.6. The predicted octanol–water partition coefficient (Wildman–Crippen LogP) is 1.72. The lowest BCUT2D eigenvalue weighted by atomic mass is 10.4. The normalized spacial score (nSPS) is 14.4. The molecule has 0 amide bonds. The standard InChI is InChI=1S/C12H17Cl2N6O4P/c1-8(24-12(13,14)25(21,22)23)4-20-7-17-9-10(18-6-19(2)3)15-5-16-11(9)20/h5-8H,4H2,1-3H3,(H2,21,22,23)/t8-/m1/s1. The fourth-order valence-electron chi connectivity index (χ4n) is 1.89. The molecule has 2 heterocycles. The second kappa shape index (κ2) is 7.53. The van der Waals surface area contributed by atoms with Crippen LogP contribution in [0.25, 0.3) is 11.2 Å². The minimum atomic E-state index is -4.85. The van der Waals surface area contributed by atoms with Gasteiger partial charge in [0.2, 0.25) is 0 Å². The highest BCUT2D eigenvalue weighted by Crippen LogP contribution is 2.57. The number of alkyl halides is 2. The van der Waals surface area contributed by atoms with Crippen molar-refractivity contribution in [2.45, 2.75) is 23.8 Å². The first-order valence-corrected chi connectivity index (χ1v) is 9.36. The maximum absolute atomic E-state index is 11.2. The molecule has 0 radical (unpaired) electrons. The molecule has 2 N–H and O–H groups in total. The number of imidazole rings is 1. The number of halogens is 2. The number of ether oxygens (including phenoxy) is 1. The lowest BCUT2D eigenvalue weighted by molar-refractivity contribution is 0.0358. The summed E-state index contributed by atoms with van der Waals surface area (Å²) in [7, 11) is -1.20. The van der Waals surface area contributed by atoms with Gasteiger partial charge in [0.1, 0.15) is 6.33 Å². The van der Waals surface area contributed by atoms with Crippen LogP contribution in [-0.4, -0.2) is 65.0 Å². The highest BCUT2D eigenvalue weighted by Gasteiger charge is 2.46. The van der Waals surface area contributed by atoms with Crippen LogP contribution in [0.4, 0.5) is 5.82 Å². The zero-order valence-corrected chi connectivity index (χ0v) is 16.0. The number of hydrogen-bond acceptors (Lipinski definition) is 6. The topological polar surface area (TPSA) is 126 Å². The molecule has 0 fully saturated rings. The molecule has 2 aromatic heterocycles. The van der Waals surface area contributed by atoms with E-state index in [-0.39, 0.29) is 6.54 Å². The Morgan fingerprint density at radius 3 is 2.72 bits per heavy atom. The highest BCUT2D eigenvalue weighted by molar-refractivity contribution is 7.57. The third kappa shape index (κ3) is 4.87. The number of fused-ring (bicyclic) bond motifs is 1. The van der Waals surface area contributed by atoms with Crippen molar-refractivity contribution in [2.75, 3.05) is 14.1 Å². The molecule has 10 nitrogen and oxygen atoms in total. The Balaban J connectivity index is 2.22. The van der Waals surface area contributed by atoms with Crippen LogP contribution >= 0.6 is 30.8 Å². The van der Waals surface area contributed by atoms with Gasteiger partial charge >= 0.3 is 11.9 Å². The Kier molecular flexibility index (Phi) is 6.03. The molecule has 0 saturated heterocycles. The summed E-state index contributed by atoms with van der Waals surface area (Å²) in [5.41, 5.74) is 0.966. The van der Waals surface area contributed by atoms with Crippen molar-refractivity contribution in [1.29, 1.82) is 0 Å². The van der Waals surface area contributed by atoms with Crippen LogP contribution in [0.15, 0.2) is 17.6 Å². The van der Waals surface area contributed by atoms with Crippen molar-refractivity contribution in [3.8, 4) is 0 Å². The van der Waals surface area contributed by atoms with Gasteiger partial charge in [0, 0.05) is 14.1 Å². The second-order valence-corrected chi connectivity index (χ2v) is 8.94. The molecule has 138 valence electrons. The van der Waals surface area contributed by atoms with E-state index in [2.05, 4.69) is 19.9 Å². The summed E-state index contributed by atoms with van der Waals surface area (Å²) >= 11 is 11.1. The Hall–Kier alpha value is -1.29. The smallest absolute Gasteiger partial charge is 0.369 e. The average molecular weight is 411 g/mol. The minimum Gasteiger partial charge on any atom is -0.369 e. The van der Waals surface area contributed by atoms with Gasteiger partial charge in [-0.3, -0.25) is 4.57 Å². The Morgan fingerprint density at radius 1 is 1.44 bits per heavy atom. The van der Waals surface area contributed by atoms with E-state index in [0.29, 0.717) is 17.0 Å². The summed E-state index contributed by atoms with van der Waals surface area (Å²) in [5.74, 6) is 0.394. The van der Waals surface area contributed by atoms with Crippen LogP contribution in [0.2, 0.25) is 0 Å². The van der Waals surface area contributed by atoms with Gasteiger partial charge in [0.05, 0.1) is 25.3 Å². The third-order valence-electron chi connectivity index (χ3n) is 2.93. The molecule has 0 aliphatic carbocycles. The average Bonchev–Trinajstić information content (AvgIpc) is 2.87. The molecule has 25 heavy (non-hydrogen) atoms. The van der Waals surface area contributed by atoms with E-state index in [1.54, 1.807) is 22.7 Å². The lowest BCUT2D eigenvalue weighted by Gasteiger charge is -2.25. The molecule has 0 bridgehead atoms. The van der Waals surface area contributed by atoms with Crippen molar-refractivity contribution < 1.29 is 19.1 Å². The van der Waals surface area contributed by atoms with Gasteiger partial charge in [0.25, 0.3) is 0 Å². The van der Waals surface area contributed by atoms with E-state index in [9.17, 15) is 4.57 Å². The first-order valence-electron chi connectivity index (χ1n) is 6.99. The number of rotatable bonds is 7. The monoisotopic (exact) mass is 410 g/mol. The van der Waals surface area contributed by atoms with Crippen LogP contribution in [0.5, 0.6) is 0 Å². The Morgan fingerprint density at radius 2 is 2.12 bits per heavy atom. The Bertz CT molecular complexity index is 821. The van der Waals surface area contributed by atoms with Crippen molar-refractivity contribution in [2.24, 2.45) is 4.99 Å². The number of aromatic nitrogens is 4. The zero-order valence-electron chi connectivity index (χ0n) is 13.6. The number of nitrogens with zero attached hydrogens (tertiary/aromatic N) is 6. The van der Waals surface area contributed by atoms with Gasteiger partial charge in [-0.05, 0) is 6.92 Å². The lowest BCUT2D eigenvalue weighted by Crippen LogP contribution is -2.27. The first-order chi connectivity index (χ1) is 11.5. The maximum atomic E-state index is 11.2. The molecule has 2 aromatic rings. The van der Waals surface area contributed by atoms with Gasteiger partial charge < -0.3 is 24.0 Å². The van der Waals surface area contributed by atoms with E-state index < -0.39 is 18.0 Å². The van der Waals surface area contributed by atoms with Crippen LogP contribution in [0, 0.1) is 0 Å². The summed E-state index contributed by atoms with van der Waals surface area (Å²) in [6.07, 6.45) is 3.69. The van der Waals surface area contributed by atoms with Crippen LogP contribution < -0.4 is 0 Å². The van der Waals surface area contributed by atoms with Crippen LogP contribution in [0.1, 0.15) is 6.92 Å². The molecule has 0 spiro atoms. The molecule has 0 aliphatic rings. The minimum absolute atomic E-state index is 0.158. The van der Waals surface area contributed by atoms with Gasteiger partial charge in [-0.25, -0.2) is 19.9 Å². The fourth-order valence-corrected chi connectivity index (χ4v) is 2.51. The van der Waals surface area contributed by atoms with Gasteiger partial charge in [0.15, 0.2) is 17.0 Å². The summed E-state index contributed by atoms with van der Waals surface area (Å²) in [5, 5.41) is 0. The summed E-state index contributed by atoms with van der Waals surface area (Å²) < 4.78 is 15.3. The molecule has 2 rings (SSSR count). The van der Waals surface area contributed by atoms with Gasteiger partial charge in [-0.15, -0.1) is 0 Å². The fraction of sp³-hybridized carbons (Fsp3) is 0.500. The molecule has 0 aromatic carbocycles. The quantitative estimate of drug-likeness (QED) is 0.305. The van der Waals surface area contributed by atoms with E-state index in [1.165, 1.54) is 12.7 Å². The first kappa shape index (κ1) is 20.0. The van der Waals surface area contributed by atoms with Crippen LogP contribution in [-0.2, 0) is 15.8 Å². The van der Waals surface area contributed by atoms with Crippen molar-refractivity contribution in [1.82, 2.24) is 24.4 Å². The molecular weight excluding hydrogens is 394 g/mol. The molecular formula is C12H17Cl2N6O4P. The molecule has 0 saturated carbocycles. The molecule has 0 unspecified atom stereocenters. The van der Waals surface area contributed by atoms with Crippen molar-refractivity contribution in [3.63, 3.8) is 0 Å². The van der Waals surface area contributed by atoms with E-state index >= 15 is 0 Å². The Labute approximate surface area is 153 Å². The van der Waals surface area contributed by atoms with E-state index in [1.807, 2.05) is 14.1 Å². The maximum Gasteiger partial charge on any atom is 0.388 e. The van der Waals surface area contributed by atoms with Crippen molar-refractivity contribution in [3.05, 3.63) is 12.7 Å². The second-order valence-electron chi connectivity index (χ2n) is 5.43. The number of aliphatic imine (C=N–C) groups is 1. The summed E-state index contributed by atoms with van der Waals surface area (Å²) in [6.45, 7) is 1.72. The third-order valence-corrected chi connectivity index (χ3v) is 5.21. The van der Waals surface area contributed by atoms with E-state index in [0.717, 1.165) is 0 Å². The van der Waals surface area contributed by atoms with E-state index in [4.69, 9.17) is 37.7 Å². The SMILES string of the molecule is C[C@H](Cn1cnc2c(N=CN(C)C)ncnc21)OC(Cl)(Cl)P(=O)(O)O.